The number of nitrogens with zero attached hydrogens (tertiary/aromatic N) is 2. The first kappa shape index (κ1) is 14.0. The second kappa shape index (κ2) is 6.17. The van der Waals surface area contributed by atoms with E-state index in [1.54, 1.807) is 0 Å². The summed E-state index contributed by atoms with van der Waals surface area (Å²) < 4.78 is 9.01. The smallest absolute Gasteiger partial charge is 0.0738 e. The van der Waals surface area contributed by atoms with Crippen molar-refractivity contribution in [2.45, 2.75) is 51.8 Å². The number of rotatable bonds is 5. The van der Waals surface area contributed by atoms with Crippen LogP contribution in [0.5, 0.6) is 0 Å². The van der Waals surface area contributed by atoms with E-state index < -0.39 is 0 Å². The normalized spacial score (nSPS) is 21.4. The van der Waals surface area contributed by atoms with Crippen LogP contribution in [0.4, 0.5) is 0 Å². The zero-order valence-corrected chi connectivity index (χ0v) is 13.0. The molecule has 1 fully saturated rings. The number of likely N-dealkylation sites (N-methyl/N-ethyl adjacent to an activating group) is 1. The van der Waals surface area contributed by atoms with E-state index in [9.17, 15) is 0 Å². The zero-order chi connectivity index (χ0) is 13.1. The van der Waals surface area contributed by atoms with Gasteiger partial charge >= 0.3 is 0 Å². The molecule has 102 valence electrons. The molecule has 1 aliphatic heterocycles. The number of hydrogen-bond acceptors (Lipinski definition) is 3. The summed E-state index contributed by atoms with van der Waals surface area (Å²) in [6.07, 6.45) is 3.62. The van der Waals surface area contributed by atoms with Crippen molar-refractivity contribution in [1.29, 1.82) is 0 Å². The van der Waals surface area contributed by atoms with Crippen LogP contribution < -0.4 is 5.32 Å². The Morgan fingerprint density at radius 1 is 1.61 bits per heavy atom. The molecule has 0 radical (unpaired) electrons. The van der Waals surface area contributed by atoms with Crippen molar-refractivity contribution in [1.82, 2.24) is 15.1 Å². The maximum atomic E-state index is 5.79. The minimum absolute atomic E-state index is 0.336. The molecule has 2 unspecified atom stereocenters. The third-order valence-electron chi connectivity index (χ3n) is 3.65. The molecule has 4 nitrogen and oxygen atoms in total. The Balaban J connectivity index is 2.15. The van der Waals surface area contributed by atoms with Crippen LogP contribution in [0, 0.1) is 6.92 Å². The van der Waals surface area contributed by atoms with E-state index in [1.165, 1.54) is 12.1 Å². The van der Waals surface area contributed by atoms with Crippen molar-refractivity contribution in [2.24, 2.45) is 0 Å². The van der Waals surface area contributed by atoms with Gasteiger partial charge in [0.2, 0.25) is 0 Å². The highest BCUT2D eigenvalue weighted by molar-refractivity contribution is 9.10. The fraction of sp³-hybridized carbons (Fsp3) is 0.769. The second-order valence-corrected chi connectivity index (χ2v) is 5.61. The number of aromatic nitrogens is 2. The Bertz CT molecular complexity index is 399. The number of ether oxygens (including phenoxy) is 1. The van der Waals surface area contributed by atoms with Crippen LogP contribution >= 0.6 is 15.9 Å². The highest BCUT2D eigenvalue weighted by atomic mass is 79.9. The van der Waals surface area contributed by atoms with Crippen LogP contribution in [0.1, 0.15) is 31.2 Å². The number of nitrogens with one attached hydrogen (secondary N) is 1. The van der Waals surface area contributed by atoms with Gasteiger partial charge in [-0.05, 0) is 49.7 Å². The molecular formula is C13H22BrN3O. The quantitative estimate of drug-likeness (QED) is 0.906. The second-order valence-electron chi connectivity index (χ2n) is 4.81. The van der Waals surface area contributed by atoms with Gasteiger partial charge in [-0.1, -0.05) is 0 Å². The van der Waals surface area contributed by atoms with Crippen molar-refractivity contribution >= 4 is 15.9 Å². The molecule has 5 heteroatoms. The van der Waals surface area contributed by atoms with Gasteiger partial charge in [0.05, 0.1) is 22.0 Å². The predicted octanol–water partition coefficient (Wildman–Crippen LogP) is 2.28. The summed E-state index contributed by atoms with van der Waals surface area (Å²) in [5.41, 5.74) is 2.33. The number of aryl methyl sites for hydroxylation is 2. The van der Waals surface area contributed by atoms with E-state index in [0.717, 1.165) is 36.2 Å². The van der Waals surface area contributed by atoms with E-state index in [1.807, 2.05) is 14.0 Å². The zero-order valence-electron chi connectivity index (χ0n) is 11.4. The molecule has 0 aliphatic carbocycles. The molecule has 0 aromatic carbocycles. The Morgan fingerprint density at radius 3 is 2.94 bits per heavy atom. The van der Waals surface area contributed by atoms with Crippen LogP contribution in [0.15, 0.2) is 4.47 Å². The Hall–Kier alpha value is -0.390. The highest BCUT2D eigenvalue weighted by Crippen LogP contribution is 2.25. The van der Waals surface area contributed by atoms with Crippen molar-refractivity contribution in [3.05, 3.63) is 15.9 Å². The molecule has 1 aromatic heterocycles. The molecule has 1 aliphatic rings. The molecule has 1 saturated heterocycles. The molecule has 0 bridgehead atoms. The molecule has 0 spiro atoms. The topological polar surface area (TPSA) is 39.1 Å². The van der Waals surface area contributed by atoms with E-state index in [-0.39, 0.29) is 0 Å². The number of hydrogen-bond donors (Lipinski definition) is 1. The molecule has 18 heavy (non-hydrogen) atoms. The maximum absolute atomic E-state index is 5.79. The van der Waals surface area contributed by atoms with Crippen molar-refractivity contribution < 1.29 is 4.74 Å². The highest BCUT2D eigenvalue weighted by Gasteiger charge is 2.27. The minimum atomic E-state index is 0.336. The monoisotopic (exact) mass is 315 g/mol. The molecule has 1 N–H and O–H groups in total. The summed E-state index contributed by atoms with van der Waals surface area (Å²) in [5.74, 6) is 0. The van der Waals surface area contributed by atoms with E-state index in [2.05, 4.69) is 38.0 Å². The van der Waals surface area contributed by atoms with Crippen LogP contribution in [0.2, 0.25) is 0 Å². The fourth-order valence-electron chi connectivity index (χ4n) is 2.61. The molecule has 1 aromatic rings. The van der Waals surface area contributed by atoms with Gasteiger partial charge in [0.15, 0.2) is 0 Å². The largest absolute Gasteiger partial charge is 0.377 e. The summed E-state index contributed by atoms with van der Waals surface area (Å²) in [7, 11) is 2.01. The lowest BCUT2D eigenvalue weighted by atomic mass is 10.0. The maximum Gasteiger partial charge on any atom is 0.0738 e. The summed E-state index contributed by atoms with van der Waals surface area (Å²) in [6, 6.07) is 0.366. The van der Waals surface area contributed by atoms with Gasteiger partial charge in [-0.2, -0.15) is 5.10 Å². The van der Waals surface area contributed by atoms with Crippen molar-refractivity contribution in [3.8, 4) is 0 Å². The molecule has 0 amide bonds. The van der Waals surface area contributed by atoms with Crippen molar-refractivity contribution in [3.63, 3.8) is 0 Å². The first-order valence-corrected chi connectivity index (χ1v) is 7.47. The first-order chi connectivity index (χ1) is 8.67. The van der Waals surface area contributed by atoms with Gasteiger partial charge in [-0.25, -0.2) is 0 Å². The van der Waals surface area contributed by atoms with Gasteiger partial charge < -0.3 is 10.1 Å². The molecular weight excluding hydrogens is 294 g/mol. The minimum Gasteiger partial charge on any atom is -0.377 e. The Kier molecular flexibility index (Phi) is 4.81. The standard InChI is InChI=1S/C13H22BrN3O/c1-4-17-11(13(14)9(2)16-17)8-10(15-3)12-6-5-7-18-12/h10,12,15H,4-8H2,1-3H3. The first-order valence-electron chi connectivity index (χ1n) is 6.68. The molecule has 2 rings (SSSR count). The van der Waals surface area contributed by atoms with Crippen LogP contribution in [0.3, 0.4) is 0 Å². The summed E-state index contributed by atoms with van der Waals surface area (Å²) in [6.45, 7) is 5.98. The summed E-state index contributed by atoms with van der Waals surface area (Å²) in [5, 5.41) is 7.94. The van der Waals surface area contributed by atoms with Gasteiger partial charge in [-0.3, -0.25) is 4.68 Å². The lowest BCUT2D eigenvalue weighted by Crippen LogP contribution is -2.39. The average molecular weight is 316 g/mol. The SMILES string of the molecule is CCn1nc(C)c(Br)c1CC(NC)C1CCCO1. The van der Waals surface area contributed by atoms with E-state index in [4.69, 9.17) is 4.74 Å². The van der Waals surface area contributed by atoms with Gasteiger partial charge in [0, 0.05) is 25.6 Å². The molecule has 2 atom stereocenters. The Morgan fingerprint density at radius 2 is 2.39 bits per heavy atom. The van der Waals surface area contributed by atoms with Crippen molar-refractivity contribution in [2.75, 3.05) is 13.7 Å². The van der Waals surface area contributed by atoms with Gasteiger partial charge in [-0.15, -0.1) is 0 Å². The van der Waals surface area contributed by atoms with E-state index in [0.29, 0.717) is 12.1 Å². The van der Waals surface area contributed by atoms with Gasteiger partial charge in [0.1, 0.15) is 0 Å². The number of halogens is 1. The third-order valence-corrected chi connectivity index (χ3v) is 4.68. The molecule has 2 heterocycles. The lowest BCUT2D eigenvalue weighted by Gasteiger charge is -2.23. The predicted molar refractivity (Wildman–Crippen MR) is 75.9 cm³/mol. The van der Waals surface area contributed by atoms with Crippen LogP contribution in [-0.4, -0.2) is 35.6 Å². The fourth-order valence-corrected chi connectivity index (χ4v) is 3.06. The Labute approximate surface area is 117 Å². The van der Waals surface area contributed by atoms with Crippen LogP contribution in [0.25, 0.3) is 0 Å². The third kappa shape index (κ3) is 2.78. The van der Waals surface area contributed by atoms with E-state index >= 15 is 0 Å². The average Bonchev–Trinajstić information content (AvgIpc) is 2.98. The van der Waals surface area contributed by atoms with Crippen LogP contribution in [-0.2, 0) is 17.7 Å². The summed E-state index contributed by atoms with van der Waals surface area (Å²) >= 11 is 3.66. The summed E-state index contributed by atoms with van der Waals surface area (Å²) in [4.78, 5) is 0. The van der Waals surface area contributed by atoms with Gasteiger partial charge in [0.25, 0.3) is 0 Å². The molecule has 0 saturated carbocycles. The lowest BCUT2D eigenvalue weighted by molar-refractivity contribution is 0.0801.